The zero-order valence-electron chi connectivity index (χ0n) is 16.6. The van der Waals surface area contributed by atoms with E-state index in [0.717, 1.165) is 22.6 Å². The van der Waals surface area contributed by atoms with Gasteiger partial charge in [-0.05, 0) is 61.7 Å². The molecule has 0 bridgehead atoms. The number of aryl methyl sites for hydroxylation is 2. The Morgan fingerprint density at radius 2 is 1.97 bits per heavy atom. The molecule has 1 aromatic heterocycles. The summed E-state index contributed by atoms with van der Waals surface area (Å²) in [5, 5.41) is 7.20. The molecule has 0 unspecified atom stereocenters. The molecule has 3 aromatic rings. The van der Waals surface area contributed by atoms with Crippen LogP contribution in [-0.4, -0.2) is 28.6 Å². The fraction of sp³-hybridized carbons (Fsp3) is 0.273. The molecule has 7 heteroatoms. The van der Waals surface area contributed by atoms with Crippen molar-refractivity contribution in [1.82, 2.24) is 9.78 Å². The van der Waals surface area contributed by atoms with Crippen LogP contribution in [0.5, 0.6) is 17.2 Å². The van der Waals surface area contributed by atoms with Crippen molar-refractivity contribution in [3.05, 3.63) is 65.4 Å². The van der Waals surface area contributed by atoms with Gasteiger partial charge < -0.3 is 19.5 Å². The number of ether oxygens (including phenoxy) is 3. The van der Waals surface area contributed by atoms with Crippen molar-refractivity contribution in [3.63, 3.8) is 0 Å². The third kappa shape index (κ3) is 4.18. The first-order chi connectivity index (χ1) is 14.0. The van der Waals surface area contributed by atoms with E-state index in [2.05, 4.69) is 10.4 Å². The van der Waals surface area contributed by atoms with Crippen molar-refractivity contribution >= 4 is 11.7 Å². The Kier molecular flexibility index (Phi) is 5.12. The minimum Gasteiger partial charge on any atom is -0.481 e. The largest absolute Gasteiger partial charge is 0.481 e. The minimum absolute atomic E-state index is 0.236. The SMILES string of the molecule is Cc1ccc(O[C@@H](C)C(=O)Nc2ccnn2Cc2ccc3c(c2)OCO3)cc1C. The van der Waals surface area contributed by atoms with Crippen LogP contribution in [0.15, 0.2) is 48.7 Å². The Bertz CT molecular complexity index is 1040. The van der Waals surface area contributed by atoms with Crippen molar-refractivity contribution in [2.24, 2.45) is 0 Å². The van der Waals surface area contributed by atoms with Gasteiger partial charge in [-0.3, -0.25) is 4.79 Å². The molecule has 0 saturated heterocycles. The van der Waals surface area contributed by atoms with Gasteiger partial charge in [0, 0.05) is 6.07 Å². The van der Waals surface area contributed by atoms with E-state index in [1.165, 1.54) is 5.56 Å². The maximum absolute atomic E-state index is 12.6. The lowest BCUT2D eigenvalue weighted by molar-refractivity contribution is -0.122. The summed E-state index contributed by atoms with van der Waals surface area (Å²) in [6, 6.07) is 13.3. The highest BCUT2D eigenvalue weighted by atomic mass is 16.7. The molecule has 4 rings (SSSR count). The van der Waals surface area contributed by atoms with E-state index in [0.29, 0.717) is 18.1 Å². The lowest BCUT2D eigenvalue weighted by atomic mass is 10.1. The first-order valence-corrected chi connectivity index (χ1v) is 9.45. The fourth-order valence-corrected chi connectivity index (χ4v) is 3.05. The van der Waals surface area contributed by atoms with Crippen LogP contribution >= 0.6 is 0 Å². The van der Waals surface area contributed by atoms with Gasteiger partial charge in [0.25, 0.3) is 5.91 Å². The number of nitrogens with zero attached hydrogens (tertiary/aromatic N) is 2. The number of hydrogen-bond donors (Lipinski definition) is 1. The summed E-state index contributed by atoms with van der Waals surface area (Å²) in [6.07, 6.45) is 1.00. The van der Waals surface area contributed by atoms with Gasteiger partial charge in [0.1, 0.15) is 11.6 Å². The molecule has 1 atom stereocenters. The Morgan fingerprint density at radius 3 is 2.79 bits per heavy atom. The lowest BCUT2D eigenvalue weighted by Crippen LogP contribution is -2.31. The summed E-state index contributed by atoms with van der Waals surface area (Å²) in [7, 11) is 0. The molecule has 0 fully saturated rings. The van der Waals surface area contributed by atoms with Gasteiger partial charge >= 0.3 is 0 Å². The standard InChI is InChI=1S/C22H23N3O4/c1-14-4-6-18(10-15(14)2)29-16(3)22(26)24-21-8-9-23-25(21)12-17-5-7-19-20(11-17)28-13-27-19/h4-11,16H,12-13H2,1-3H3,(H,24,26)/t16-/m0/s1. The van der Waals surface area contributed by atoms with Crippen LogP contribution in [0.1, 0.15) is 23.6 Å². The molecule has 1 aliphatic rings. The molecule has 1 amide bonds. The molecule has 150 valence electrons. The van der Waals surface area contributed by atoms with Gasteiger partial charge in [0.2, 0.25) is 6.79 Å². The minimum atomic E-state index is -0.647. The highest BCUT2D eigenvalue weighted by Crippen LogP contribution is 2.32. The zero-order valence-corrected chi connectivity index (χ0v) is 16.6. The zero-order chi connectivity index (χ0) is 20.4. The number of fused-ring (bicyclic) bond motifs is 1. The van der Waals surface area contributed by atoms with Crippen LogP contribution < -0.4 is 19.5 Å². The predicted octanol–water partition coefficient (Wildman–Crippen LogP) is 3.68. The number of hydrogen-bond acceptors (Lipinski definition) is 5. The number of amides is 1. The van der Waals surface area contributed by atoms with E-state index in [1.54, 1.807) is 23.9 Å². The van der Waals surface area contributed by atoms with Crippen molar-refractivity contribution in [2.45, 2.75) is 33.4 Å². The van der Waals surface area contributed by atoms with Crippen molar-refractivity contribution < 1.29 is 19.0 Å². The van der Waals surface area contributed by atoms with Crippen molar-refractivity contribution in [1.29, 1.82) is 0 Å². The Hall–Kier alpha value is -3.48. The maximum atomic E-state index is 12.6. The summed E-state index contributed by atoms with van der Waals surface area (Å²) < 4.78 is 18.3. The molecule has 0 aliphatic carbocycles. The number of nitrogens with one attached hydrogen (secondary N) is 1. The highest BCUT2D eigenvalue weighted by Gasteiger charge is 2.18. The molecule has 1 N–H and O–H groups in total. The van der Waals surface area contributed by atoms with Crippen LogP contribution in [-0.2, 0) is 11.3 Å². The van der Waals surface area contributed by atoms with E-state index in [4.69, 9.17) is 14.2 Å². The number of rotatable bonds is 6. The molecule has 7 nitrogen and oxygen atoms in total. The molecular formula is C22H23N3O4. The van der Waals surface area contributed by atoms with E-state index in [1.807, 2.05) is 50.2 Å². The van der Waals surface area contributed by atoms with E-state index < -0.39 is 6.10 Å². The molecule has 0 radical (unpaired) electrons. The second kappa shape index (κ2) is 7.87. The smallest absolute Gasteiger partial charge is 0.266 e. The molecule has 1 aliphatic heterocycles. The number of carbonyl (C=O) groups is 1. The maximum Gasteiger partial charge on any atom is 0.266 e. The molecule has 29 heavy (non-hydrogen) atoms. The molecule has 0 saturated carbocycles. The monoisotopic (exact) mass is 393 g/mol. The van der Waals surface area contributed by atoms with Crippen LogP contribution in [0, 0.1) is 13.8 Å². The van der Waals surface area contributed by atoms with Crippen LogP contribution in [0.3, 0.4) is 0 Å². The number of anilines is 1. The first-order valence-electron chi connectivity index (χ1n) is 9.45. The normalized spacial score (nSPS) is 13.2. The summed E-state index contributed by atoms with van der Waals surface area (Å²) >= 11 is 0. The number of benzene rings is 2. The third-order valence-electron chi connectivity index (χ3n) is 4.90. The molecule has 0 spiro atoms. The fourth-order valence-electron chi connectivity index (χ4n) is 3.05. The number of aromatic nitrogens is 2. The Labute approximate surface area is 169 Å². The second-order valence-electron chi connectivity index (χ2n) is 7.06. The molecule has 2 aromatic carbocycles. The lowest BCUT2D eigenvalue weighted by Gasteiger charge is -2.16. The first kappa shape index (κ1) is 18.9. The van der Waals surface area contributed by atoms with Gasteiger partial charge in [-0.2, -0.15) is 5.10 Å². The average Bonchev–Trinajstić information content (AvgIpc) is 3.34. The molecular weight excluding hydrogens is 370 g/mol. The molecule has 2 heterocycles. The van der Waals surface area contributed by atoms with E-state index in [-0.39, 0.29) is 12.7 Å². The van der Waals surface area contributed by atoms with Crippen LogP contribution in [0.2, 0.25) is 0 Å². The van der Waals surface area contributed by atoms with E-state index in [9.17, 15) is 4.79 Å². The summed E-state index contributed by atoms with van der Waals surface area (Å²) in [4.78, 5) is 12.6. The van der Waals surface area contributed by atoms with Crippen LogP contribution in [0.4, 0.5) is 5.82 Å². The van der Waals surface area contributed by atoms with Gasteiger partial charge in [0.15, 0.2) is 17.6 Å². The summed E-state index contributed by atoms with van der Waals surface area (Å²) in [5.74, 6) is 2.49. The summed E-state index contributed by atoms with van der Waals surface area (Å²) in [6.45, 7) is 6.51. The third-order valence-corrected chi connectivity index (χ3v) is 4.90. The number of carbonyl (C=O) groups excluding carboxylic acids is 1. The summed E-state index contributed by atoms with van der Waals surface area (Å²) in [5.41, 5.74) is 3.30. The Balaban J connectivity index is 1.41. The Morgan fingerprint density at radius 1 is 1.14 bits per heavy atom. The van der Waals surface area contributed by atoms with Gasteiger partial charge in [-0.15, -0.1) is 0 Å². The average molecular weight is 393 g/mol. The van der Waals surface area contributed by atoms with E-state index >= 15 is 0 Å². The predicted molar refractivity (Wildman–Crippen MR) is 109 cm³/mol. The van der Waals surface area contributed by atoms with Gasteiger partial charge in [-0.1, -0.05) is 12.1 Å². The van der Waals surface area contributed by atoms with Crippen molar-refractivity contribution in [2.75, 3.05) is 12.1 Å². The van der Waals surface area contributed by atoms with Gasteiger partial charge in [-0.25, -0.2) is 4.68 Å². The van der Waals surface area contributed by atoms with Crippen molar-refractivity contribution in [3.8, 4) is 17.2 Å². The quantitative estimate of drug-likeness (QED) is 0.691. The topological polar surface area (TPSA) is 74.6 Å². The van der Waals surface area contributed by atoms with Crippen LogP contribution in [0.25, 0.3) is 0 Å². The second-order valence-corrected chi connectivity index (χ2v) is 7.06. The van der Waals surface area contributed by atoms with Gasteiger partial charge in [0.05, 0.1) is 12.7 Å². The highest BCUT2D eigenvalue weighted by molar-refractivity contribution is 5.93.